The van der Waals surface area contributed by atoms with Crippen LogP contribution in [0.4, 0.5) is 5.82 Å². The zero-order valence-corrected chi connectivity index (χ0v) is 10.3. The molecule has 0 atom stereocenters. The van der Waals surface area contributed by atoms with Crippen LogP contribution in [0.2, 0.25) is 0 Å². The Morgan fingerprint density at radius 2 is 2.19 bits per heavy atom. The third-order valence-corrected chi connectivity index (χ3v) is 3.05. The average molecular weight is 220 g/mol. The lowest BCUT2D eigenvalue weighted by molar-refractivity contribution is 0.418. The molecule has 1 aliphatic rings. The molecule has 2 heterocycles. The molecule has 4 heteroatoms. The van der Waals surface area contributed by atoms with E-state index in [1.54, 1.807) is 0 Å². The minimum absolute atomic E-state index is 0.408. The van der Waals surface area contributed by atoms with Gasteiger partial charge < -0.3 is 10.2 Å². The molecule has 16 heavy (non-hydrogen) atoms. The Morgan fingerprint density at radius 3 is 2.69 bits per heavy atom. The Hall–Kier alpha value is -1.16. The van der Waals surface area contributed by atoms with Gasteiger partial charge in [0.2, 0.25) is 0 Å². The fourth-order valence-corrected chi connectivity index (χ4v) is 2.09. The first-order valence-electron chi connectivity index (χ1n) is 5.81. The summed E-state index contributed by atoms with van der Waals surface area (Å²) in [5.41, 5.74) is 1.40. The molecule has 0 spiro atoms. The van der Waals surface area contributed by atoms with Crippen molar-refractivity contribution in [2.24, 2.45) is 5.41 Å². The van der Waals surface area contributed by atoms with Crippen molar-refractivity contribution in [3.8, 4) is 0 Å². The molecule has 0 radical (unpaired) electrons. The summed E-state index contributed by atoms with van der Waals surface area (Å²) < 4.78 is 0. The highest BCUT2D eigenvalue weighted by atomic mass is 15.2. The van der Waals surface area contributed by atoms with Crippen molar-refractivity contribution in [1.82, 2.24) is 15.3 Å². The second-order valence-corrected chi connectivity index (χ2v) is 5.23. The van der Waals surface area contributed by atoms with E-state index in [0.29, 0.717) is 5.41 Å². The van der Waals surface area contributed by atoms with E-state index in [2.05, 4.69) is 34.0 Å². The van der Waals surface area contributed by atoms with Gasteiger partial charge >= 0.3 is 0 Å². The lowest BCUT2D eigenvalue weighted by Crippen LogP contribution is -2.23. The second kappa shape index (κ2) is 4.37. The van der Waals surface area contributed by atoms with E-state index < -0.39 is 0 Å². The summed E-state index contributed by atoms with van der Waals surface area (Å²) in [7, 11) is 1.92. The highest BCUT2D eigenvalue weighted by Gasteiger charge is 2.29. The van der Waals surface area contributed by atoms with Crippen LogP contribution in [0.5, 0.6) is 0 Å². The Bertz CT molecular complexity index is 345. The predicted octanol–water partition coefficient (Wildman–Crippen LogP) is 1.43. The quantitative estimate of drug-likeness (QED) is 0.836. The Morgan fingerprint density at radius 1 is 1.38 bits per heavy atom. The molecule has 0 bridgehead atoms. The standard InChI is InChI=1S/C12H20N4/c1-12(2)4-5-16(9-12)11-8-14-10(6-13-3)7-15-11/h7-8,13H,4-6,9H2,1-3H3. The van der Waals surface area contributed by atoms with Crippen molar-refractivity contribution in [3.63, 3.8) is 0 Å². The normalized spacial score (nSPS) is 19.1. The van der Waals surface area contributed by atoms with Crippen LogP contribution in [0, 0.1) is 5.41 Å². The van der Waals surface area contributed by atoms with Crippen molar-refractivity contribution < 1.29 is 0 Å². The number of anilines is 1. The maximum absolute atomic E-state index is 4.47. The minimum atomic E-state index is 0.408. The Kier molecular flexibility index (Phi) is 3.10. The molecule has 88 valence electrons. The molecule has 1 aromatic rings. The number of hydrogen-bond donors (Lipinski definition) is 1. The van der Waals surface area contributed by atoms with Crippen molar-refractivity contribution in [1.29, 1.82) is 0 Å². The van der Waals surface area contributed by atoms with Gasteiger partial charge in [-0.25, -0.2) is 4.98 Å². The molecule has 0 aliphatic carbocycles. The van der Waals surface area contributed by atoms with Crippen LogP contribution in [0.1, 0.15) is 26.0 Å². The van der Waals surface area contributed by atoms with Crippen molar-refractivity contribution in [2.75, 3.05) is 25.0 Å². The monoisotopic (exact) mass is 220 g/mol. The van der Waals surface area contributed by atoms with Crippen LogP contribution in [-0.2, 0) is 6.54 Å². The van der Waals surface area contributed by atoms with E-state index in [1.165, 1.54) is 6.42 Å². The molecular weight excluding hydrogens is 200 g/mol. The van der Waals surface area contributed by atoms with Gasteiger partial charge in [-0.2, -0.15) is 0 Å². The first kappa shape index (κ1) is 11.3. The molecule has 4 nitrogen and oxygen atoms in total. The molecule has 1 aliphatic heterocycles. The maximum atomic E-state index is 4.47. The molecule has 1 fully saturated rings. The number of rotatable bonds is 3. The summed E-state index contributed by atoms with van der Waals surface area (Å²) in [5.74, 6) is 1.01. The van der Waals surface area contributed by atoms with Crippen LogP contribution in [0.15, 0.2) is 12.4 Å². The largest absolute Gasteiger partial charge is 0.355 e. The van der Waals surface area contributed by atoms with Gasteiger partial charge in [-0.05, 0) is 18.9 Å². The van der Waals surface area contributed by atoms with Crippen molar-refractivity contribution >= 4 is 5.82 Å². The molecule has 2 rings (SSSR count). The lowest BCUT2D eigenvalue weighted by Gasteiger charge is -2.20. The van der Waals surface area contributed by atoms with Gasteiger partial charge in [0, 0.05) is 19.6 Å². The average Bonchev–Trinajstić information content (AvgIpc) is 2.61. The summed E-state index contributed by atoms with van der Waals surface area (Å²) in [6.45, 7) is 7.55. The van der Waals surface area contributed by atoms with E-state index in [9.17, 15) is 0 Å². The van der Waals surface area contributed by atoms with Gasteiger partial charge in [0.1, 0.15) is 5.82 Å². The van der Waals surface area contributed by atoms with Crippen LogP contribution in [0.3, 0.4) is 0 Å². The van der Waals surface area contributed by atoms with Gasteiger partial charge in [0.25, 0.3) is 0 Å². The van der Waals surface area contributed by atoms with Crippen LogP contribution < -0.4 is 10.2 Å². The van der Waals surface area contributed by atoms with Crippen LogP contribution in [-0.4, -0.2) is 30.1 Å². The molecule has 0 unspecified atom stereocenters. The minimum Gasteiger partial charge on any atom is -0.355 e. The smallest absolute Gasteiger partial charge is 0.147 e. The summed E-state index contributed by atoms with van der Waals surface area (Å²) in [6.07, 6.45) is 4.97. The van der Waals surface area contributed by atoms with E-state index in [4.69, 9.17) is 0 Å². The van der Waals surface area contributed by atoms with Crippen molar-refractivity contribution in [2.45, 2.75) is 26.8 Å². The van der Waals surface area contributed by atoms with Gasteiger partial charge in [0.05, 0.1) is 18.1 Å². The van der Waals surface area contributed by atoms with Gasteiger partial charge in [-0.3, -0.25) is 4.98 Å². The summed E-state index contributed by atoms with van der Waals surface area (Å²) in [5, 5.41) is 3.07. The topological polar surface area (TPSA) is 41.1 Å². The fraction of sp³-hybridized carbons (Fsp3) is 0.667. The fourth-order valence-electron chi connectivity index (χ4n) is 2.09. The zero-order chi connectivity index (χ0) is 11.6. The SMILES string of the molecule is CNCc1cnc(N2CCC(C)(C)C2)cn1. The number of nitrogens with one attached hydrogen (secondary N) is 1. The Balaban J connectivity index is 2.05. The zero-order valence-electron chi connectivity index (χ0n) is 10.3. The van der Waals surface area contributed by atoms with Crippen LogP contribution in [0.25, 0.3) is 0 Å². The third kappa shape index (κ3) is 2.50. The first-order chi connectivity index (χ1) is 7.61. The number of hydrogen-bond acceptors (Lipinski definition) is 4. The van der Waals surface area contributed by atoms with E-state index >= 15 is 0 Å². The van der Waals surface area contributed by atoms with Crippen LogP contribution >= 0.6 is 0 Å². The predicted molar refractivity (Wildman–Crippen MR) is 65.4 cm³/mol. The lowest BCUT2D eigenvalue weighted by atomic mass is 9.93. The van der Waals surface area contributed by atoms with Gasteiger partial charge in [0.15, 0.2) is 0 Å². The van der Waals surface area contributed by atoms with Crippen molar-refractivity contribution in [3.05, 3.63) is 18.1 Å². The van der Waals surface area contributed by atoms with Gasteiger partial charge in [-0.1, -0.05) is 13.8 Å². The summed E-state index contributed by atoms with van der Waals surface area (Å²) in [4.78, 5) is 11.2. The van der Waals surface area contributed by atoms with E-state index in [-0.39, 0.29) is 0 Å². The molecule has 0 amide bonds. The van der Waals surface area contributed by atoms with Gasteiger partial charge in [-0.15, -0.1) is 0 Å². The summed E-state index contributed by atoms with van der Waals surface area (Å²) in [6, 6.07) is 0. The first-order valence-corrected chi connectivity index (χ1v) is 5.81. The van der Waals surface area contributed by atoms with E-state index in [1.807, 2.05) is 19.4 Å². The maximum Gasteiger partial charge on any atom is 0.147 e. The molecule has 1 N–H and O–H groups in total. The highest BCUT2D eigenvalue weighted by molar-refractivity contribution is 5.37. The molecule has 0 aromatic carbocycles. The Labute approximate surface area is 97.1 Å². The molecule has 0 saturated carbocycles. The molecule has 1 aromatic heterocycles. The molecular formula is C12H20N4. The highest BCUT2D eigenvalue weighted by Crippen LogP contribution is 2.31. The second-order valence-electron chi connectivity index (χ2n) is 5.23. The number of aromatic nitrogens is 2. The summed E-state index contributed by atoms with van der Waals surface area (Å²) >= 11 is 0. The number of nitrogens with zero attached hydrogens (tertiary/aromatic N) is 3. The van der Waals surface area contributed by atoms with E-state index in [0.717, 1.165) is 31.1 Å². The third-order valence-electron chi connectivity index (χ3n) is 3.05. The molecule has 1 saturated heterocycles.